The van der Waals surface area contributed by atoms with Crippen molar-refractivity contribution in [2.75, 3.05) is 13.1 Å². The molecule has 168 valence electrons. The van der Waals surface area contributed by atoms with Gasteiger partial charge in [0, 0.05) is 34.6 Å². The van der Waals surface area contributed by atoms with Crippen LogP contribution in [0, 0.1) is 0 Å². The Morgan fingerprint density at radius 1 is 1.03 bits per heavy atom. The van der Waals surface area contributed by atoms with Gasteiger partial charge in [0.25, 0.3) is 11.8 Å². The van der Waals surface area contributed by atoms with E-state index in [2.05, 4.69) is 15.8 Å². The Labute approximate surface area is 195 Å². The first-order valence-corrected chi connectivity index (χ1v) is 12.4. The number of hydrazine groups is 1. The van der Waals surface area contributed by atoms with Gasteiger partial charge in [-0.3, -0.25) is 20.4 Å². The average molecular weight is 493 g/mol. The predicted octanol–water partition coefficient (Wildman–Crippen LogP) is 3.57. The van der Waals surface area contributed by atoms with Crippen LogP contribution in [0.1, 0.15) is 34.7 Å². The number of hydrogen-bond acceptors (Lipinski definition) is 6. The van der Waals surface area contributed by atoms with Crippen LogP contribution in [0.25, 0.3) is 10.6 Å². The van der Waals surface area contributed by atoms with Crippen molar-refractivity contribution >= 4 is 44.8 Å². The van der Waals surface area contributed by atoms with E-state index < -0.39 is 21.8 Å². The van der Waals surface area contributed by atoms with Crippen molar-refractivity contribution in [3.8, 4) is 10.6 Å². The fraction of sp³-hybridized carbons (Fsp3) is 0.190. The molecular weight excluding hydrogens is 472 g/mol. The van der Waals surface area contributed by atoms with Crippen molar-refractivity contribution in [2.24, 2.45) is 0 Å². The smallest absolute Gasteiger partial charge is 0.267 e. The second-order valence-corrected chi connectivity index (χ2v) is 9.80. The number of carbonyl (C=O) groups excluding carboxylic acids is 2. The molecule has 0 unspecified atom stereocenters. The SMILES string of the molecule is CCN(CC)S(=O)(=O)c1cccc(C(=O)NNC(=O)c2csc(-c3ccc(Cl)cc3)n2)c1. The zero-order valence-electron chi connectivity index (χ0n) is 17.3. The van der Waals surface area contributed by atoms with Crippen LogP contribution in [0.5, 0.6) is 0 Å². The number of rotatable bonds is 7. The minimum atomic E-state index is -3.71. The van der Waals surface area contributed by atoms with Gasteiger partial charge in [0.05, 0.1) is 4.90 Å². The topological polar surface area (TPSA) is 108 Å². The van der Waals surface area contributed by atoms with Gasteiger partial charge in [0.2, 0.25) is 10.0 Å². The van der Waals surface area contributed by atoms with Crippen molar-refractivity contribution < 1.29 is 18.0 Å². The summed E-state index contributed by atoms with van der Waals surface area (Å²) in [6.45, 7) is 4.11. The first kappa shape index (κ1) is 23.9. The van der Waals surface area contributed by atoms with Crippen LogP contribution in [-0.4, -0.2) is 42.6 Å². The third-order valence-electron chi connectivity index (χ3n) is 4.56. The number of nitrogens with one attached hydrogen (secondary N) is 2. The van der Waals surface area contributed by atoms with Gasteiger partial charge >= 0.3 is 0 Å². The first-order chi connectivity index (χ1) is 15.3. The minimum Gasteiger partial charge on any atom is -0.267 e. The lowest BCUT2D eigenvalue weighted by Crippen LogP contribution is -2.41. The highest BCUT2D eigenvalue weighted by atomic mass is 35.5. The third-order valence-corrected chi connectivity index (χ3v) is 7.75. The highest BCUT2D eigenvalue weighted by Gasteiger charge is 2.22. The van der Waals surface area contributed by atoms with E-state index in [9.17, 15) is 18.0 Å². The molecule has 1 heterocycles. The van der Waals surface area contributed by atoms with Crippen LogP contribution in [0.4, 0.5) is 0 Å². The molecule has 2 aromatic carbocycles. The maximum absolute atomic E-state index is 12.7. The van der Waals surface area contributed by atoms with Gasteiger partial charge in [-0.25, -0.2) is 13.4 Å². The molecule has 2 N–H and O–H groups in total. The van der Waals surface area contributed by atoms with E-state index in [0.717, 1.165) is 5.56 Å². The molecule has 32 heavy (non-hydrogen) atoms. The van der Waals surface area contributed by atoms with Crippen molar-refractivity contribution in [1.82, 2.24) is 20.1 Å². The van der Waals surface area contributed by atoms with Crippen LogP contribution >= 0.6 is 22.9 Å². The molecule has 0 saturated heterocycles. The Bertz CT molecular complexity index is 1220. The molecule has 1 aromatic heterocycles. The van der Waals surface area contributed by atoms with E-state index >= 15 is 0 Å². The van der Waals surface area contributed by atoms with E-state index in [-0.39, 0.29) is 16.2 Å². The quantitative estimate of drug-likeness (QED) is 0.490. The largest absolute Gasteiger partial charge is 0.289 e. The molecule has 3 rings (SSSR count). The second kappa shape index (κ2) is 10.2. The van der Waals surface area contributed by atoms with Crippen LogP contribution in [0.2, 0.25) is 5.02 Å². The number of benzene rings is 2. The minimum absolute atomic E-state index is 0.00674. The van der Waals surface area contributed by atoms with Gasteiger partial charge in [0.15, 0.2) is 0 Å². The number of carbonyl (C=O) groups is 2. The zero-order chi connectivity index (χ0) is 23.3. The van der Waals surface area contributed by atoms with Crippen molar-refractivity contribution in [3.05, 3.63) is 70.2 Å². The molecule has 0 spiro atoms. The van der Waals surface area contributed by atoms with Crippen LogP contribution in [0.3, 0.4) is 0 Å². The molecule has 8 nitrogen and oxygen atoms in total. The summed E-state index contributed by atoms with van der Waals surface area (Å²) in [5.74, 6) is -1.25. The summed E-state index contributed by atoms with van der Waals surface area (Å²) >= 11 is 7.16. The molecular formula is C21H21ClN4O4S2. The summed E-state index contributed by atoms with van der Waals surface area (Å²) in [7, 11) is -3.71. The summed E-state index contributed by atoms with van der Waals surface area (Å²) in [4.78, 5) is 29.1. The van der Waals surface area contributed by atoms with E-state index in [1.165, 1.54) is 39.9 Å². The molecule has 0 bridgehead atoms. The average Bonchev–Trinajstić information content (AvgIpc) is 3.29. The molecule has 0 radical (unpaired) electrons. The molecule has 0 fully saturated rings. The fourth-order valence-corrected chi connectivity index (χ4v) is 5.30. The molecule has 0 aliphatic carbocycles. The maximum atomic E-state index is 12.7. The standard InChI is InChI=1S/C21H21ClN4O4S2/c1-3-26(4-2)32(29,30)17-7-5-6-15(12-17)19(27)24-25-20(28)18-13-31-21(23-18)14-8-10-16(22)11-9-14/h5-13H,3-4H2,1-2H3,(H,24,27)(H,25,28). The molecule has 0 saturated carbocycles. The normalized spacial score (nSPS) is 11.4. The van der Waals surface area contributed by atoms with E-state index in [4.69, 9.17) is 11.6 Å². The Balaban J connectivity index is 1.67. The van der Waals surface area contributed by atoms with Gasteiger partial charge in [-0.15, -0.1) is 11.3 Å². The van der Waals surface area contributed by atoms with Crippen molar-refractivity contribution in [2.45, 2.75) is 18.7 Å². The second-order valence-electron chi connectivity index (χ2n) is 6.57. The van der Waals surface area contributed by atoms with Gasteiger partial charge in [-0.1, -0.05) is 43.6 Å². The van der Waals surface area contributed by atoms with Crippen LogP contribution < -0.4 is 10.9 Å². The number of amides is 2. The number of thiazole rings is 1. The lowest BCUT2D eigenvalue weighted by Gasteiger charge is -2.18. The maximum Gasteiger partial charge on any atom is 0.289 e. The first-order valence-electron chi connectivity index (χ1n) is 9.68. The number of hydrogen-bond donors (Lipinski definition) is 2. The van der Waals surface area contributed by atoms with Gasteiger partial charge in [-0.2, -0.15) is 4.31 Å². The van der Waals surface area contributed by atoms with Crippen molar-refractivity contribution in [1.29, 1.82) is 0 Å². The monoisotopic (exact) mass is 492 g/mol. The molecule has 11 heteroatoms. The summed E-state index contributed by atoms with van der Waals surface area (Å²) < 4.78 is 26.6. The van der Waals surface area contributed by atoms with Gasteiger partial charge in [0.1, 0.15) is 10.7 Å². The zero-order valence-corrected chi connectivity index (χ0v) is 19.7. The Morgan fingerprint density at radius 3 is 2.34 bits per heavy atom. The summed E-state index contributed by atoms with van der Waals surface area (Å²) in [6, 6.07) is 12.7. The Hall–Kier alpha value is -2.79. The Morgan fingerprint density at radius 2 is 1.69 bits per heavy atom. The molecule has 2 amide bonds. The third kappa shape index (κ3) is 5.33. The highest BCUT2D eigenvalue weighted by molar-refractivity contribution is 7.89. The molecule has 3 aromatic rings. The number of halogens is 1. The number of sulfonamides is 1. The van der Waals surface area contributed by atoms with Crippen LogP contribution in [0.15, 0.2) is 58.8 Å². The van der Waals surface area contributed by atoms with E-state index in [0.29, 0.717) is 23.1 Å². The fourth-order valence-electron chi connectivity index (χ4n) is 2.86. The summed E-state index contributed by atoms with van der Waals surface area (Å²) in [6.07, 6.45) is 0. The molecule has 0 aliphatic rings. The summed E-state index contributed by atoms with van der Waals surface area (Å²) in [5.41, 5.74) is 5.64. The molecule has 0 aliphatic heterocycles. The van der Waals surface area contributed by atoms with Gasteiger partial charge < -0.3 is 0 Å². The highest BCUT2D eigenvalue weighted by Crippen LogP contribution is 2.25. The predicted molar refractivity (Wildman–Crippen MR) is 124 cm³/mol. The lowest BCUT2D eigenvalue weighted by molar-refractivity contribution is 0.0844. The van der Waals surface area contributed by atoms with E-state index in [1.807, 2.05) is 0 Å². The number of nitrogens with zero attached hydrogens (tertiary/aromatic N) is 2. The van der Waals surface area contributed by atoms with Crippen LogP contribution in [-0.2, 0) is 10.0 Å². The van der Waals surface area contributed by atoms with Gasteiger partial charge in [-0.05, 0) is 30.3 Å². The molecule has 0 atom stereocenters. The van der Waals surface area contributed by atoms with E-state index in [1.54, 1.807) is 43.5 Å². The Kier molecular flexibility index (Phi) is 7.62. The summed E-state index contributed by atoms with van der Waals surface area (Å²) in [5, 5.41) is 2.80. The van der Waals surface area contributed by atoms with Crippen molar-refractivity contribution in [3.63, 3.8) is 0 Å². The number of aromatic nitrogens is 1. The lowest BCUT2D eigenvalue weighted by atomic mass is 10.2.